The summed E-state index contributed by atoms with van der Waals surface area (Å²) in [5.41, 5.74) is 0. The zero-order valence-electron chi connectivity index (χ0n) is 12.2. The second kappa shape index (κ2) is 8.80. The van der Waals surface area contributed by atoms with E-state index in [9.17, 15) is 4.79 Å². The van der Waals surface area contributed by atoms with Gasteiger partial charge in [-0.05, 0) is 51.6 Å². The van der Waals surface area contributed by atoms with Gasteiger partial charge in [-0.15, -0.1) is 12.4 Å². The third-order valence-electron chi connectivity index (χ3n) is 4.61. The lowest BCUT2D eigenvalue weighted by atomic mass is 9.93. The highest BCUT2D eigenvalue weighted by Gasteiger charge is 2.24. The molecule has 0 spiro atoms. The van der Waals surface area contributed by atoms with Crippen LogP contribution in [0.3, 0.4) is 0 Å². The van der Waals surface area contributed by atoms with Crippen LogP contribution in [-0.2, 0) is 4.79 Å². The SMILES string of the molecule is CCN(C(=O)CCC1CCNC1)C1CCCCC1.Cl. The van der Waals surface area contributed by atoms with E-state index in [1.54, 1.807) is 0 Å². The van der Waals surface area contributed by atoms with Gasteiger partial charge in [0.15, 0.2) is 0 Å². The first-order valence-corrected chi connectivity index (χ1v) is 7.81. The number of nitrogens with zero attached hydrogens (tertiary/aromatic N) is 1. The molecule has 1 heterocycles. The first kappa shape index (κ1) is 16.8. The Labute approximate surface area is 123 Å². The molecule has 3 nitrogen and oxygen atoms in total. The largest absolute Gasteiger partial charge is 0.340 e. The monoisotopic (exact) mass is 288 g/mol. The van der Waals surface area contributed by atoms with Crippen LogP contribution in [0.4, 0.5) is 0 Å². The Morgan fingerprint density at radius 3 is 2.53 bits per heavy atom. The molecule has 1 aliphatic carbocycles. The number of amides is 1. The minimum absolute atomic E-state index is 0. The number of hydrogen-bond donors (Lipinski definition) is 1. The van der Waals surface area contributed by atoms with Crippen molar-refractivity contribution >= 4 is 18.3 Å². The van der Waals surface area contributed by atoms with Crippen molar-refractivity contribution < 1.29 is 4.79 Å². The molecule has 0 aromatic rings. The molecule has 1 atom stereocenters. The molecule has 2 fully saturated rings. The second-order valence-electron chi connectivity index (χ2n) is 5.87. The Hall–Kier alpha value is -0.280. The Kier molecular flexibility index (Phi) is 7.77. The van der Waals surface area contributed by atoms with Crippen LogP contribution in [-0.4, -0.2) is 36.5 Å². The van der Waals surface area contributed by atoms with Crippen molar-refractivity contribution in [3.63, 3.8) is 0 Å². The summed E-state index contributed by atoms with van der Waals surface area (Å²) in [6.45, 7) is 5.28. The van der Waals surface area contributed by atoms with E-state index in [2.05, 4.69) is 17.1 Å². The van der Waals surface area contributed by atoms with Gasteiger partial charge in [0.05, 0.1) is 0 Å². The fraction of sp³-hybridized carbons (Fsp3) is 0.933. The lowest BCUT2D eigenvalue weighted by Gasteiger charge is -2.34. The average Bonchev–Trinajstić information content (AvgIpc) is 2.92. The molecule has 1 aliphatic heterocycles. The highest BCUT2D eigenvalue weighted by atomic mass is 35.5. The fourth-order valence-corrected chi connectivity index (χ4v) is 3.46. The number of carbonyl (C=O) groups is 1. The maximum Gasteiger partial charge on any atom is 0.222 e. The van der Waals surface area contributed by atoms with Crippen LogP contribution in [0.5, 0.6) is 0 Å². The number of rotatable bonds is 5. The van der Waals surface area contributed by atoms with Crippen molar-refractivity contribution in [1.29, 1.82) is 0 Å². The predicted octanol–water partition coefficient (Wildman–Crippen LogP) is 2.98. The molecule has 112 valence electrons. The number of nitrogens with one attached hydrogen (secondary N) is 1. The van der Waals surface area contributed by atoms with Crippen LogP contribution in [0.25, 0.3) is 0 Å². The van der Waals surface area contributed by atoms with E-state index in [0.29, 0.717) is 11.9 Å². The van der Waals surface area contributed by atoms with E-state index in [4.69, 9.17) is 0 Å². The summed E-state index contributed by atoms with van der Waals surface area (Å²) in [4.78, 5) is 14.5. The Balaban J connectivity index is 0.00000180. The molecule has 1 N–H and O–H groups in total. The maximum atomic E-state index is 12.3. The Morgan fingerprint density at radius 1 is 1.21 bits per heavy atom. The quantitative estimate of drug-likeness (QED) is 0.843. The molecule has 2 aliphatic rings. The van der Waals surface area contributed by atoms with E-state index < -0.39 is 0 Å². The van der Waals surface area contributed by atoms with Gasteiger partial charge in [-0.1, -0.05) is 19.3 Å². The third-order valence-corrected chi connectivity index (χ3v) is 4.61. The smallest absolute Gasteiger partial charge is 0.222 e. The van der Waals surface area contributed by atoms with Gasteiger partial charge in [-0.3, -0.25) is 4.79 Å². The van der Waals surface area contributed by atoms with Crippen molar-refractivity contribution in [3.05, 3.63) is 0 Å². The molecule has 1 saturated carbocycles. The lowest BCUT2D eigenvalue weighted by molar-refractivity contribution is -0.134. The highest BCUT2D eigenvalue weighted by molar-refractivity contribution is 5.85. The van der Waals surface area contributed by atoms with Gasteiger partial charge in [0.2, 0.25) is 5.91 Å². The second-order valence-corrected chi connectivity index (χ2v) is 5.87. The van der Waals surface area contributed by atoms with Crippen molar-refractivity contribution in [2.45, 2.75) is 64.3 Å². The molecule has 0 aromatic carbocycles. The molecular weight excluding hydrogens is 260 g/mol. The zero-order valence-corrected chi connectivity index (χ0v) is 13.0. The molecule has 1 amide bonds. The van der Waals surface area contributed by atoms with E-state index >= 15 is 0 Å². The topological polar surface area (TPSA) is 32.3 Å². The molecule has 19 heavy (non-hydrogen) atoms. The molecule has 1 unspecified atom stereocenters. The van der Waals surface area contributed by atoms with Crippen LogP contribution in [0.15, 0.2) is 0 Å². The van der Waals surface area contributed by atoms with E-state index in [1.165, 1.54) is 38.5 Å². The van der Waals surface area contributed by atoms with Gasteiger partial charge in [-0.25, -0.2) is 0 Å². The first-order valence-electron chi connectivity index (χ1n) is 7.81. The number of hydrogen-bond acceptors (Lipinski definition) is 2. The number of carbonyl (C=O) groups excluding carboxylic acids is 1. The normalized spacial score (nSPS) is 23.9. The molecule has 4 heteroatoms. The van der Waals surface area contributed by atoms with Crippen molar-refractivity contribution in [2.75, 3.05) is 19.6 Å². The maximum absolute atomic E-state index is 12.3. The molecule has 0 bridgehead atoms. The summed E-state index contributed by atoms with van der Waals surface area (Å²) in [6, 6.07) is 0.540. The summed E-state index contributed by atoms with van der Waals surface area (Å²) < 4.78 is 0. The summed E-state index contributed by atoms with van der Waals surface area (Å²) in [5, 5.41) is 3.38. The summed E-state index contributed by atoms with van der Waals surface area (Å²) in [5.74, 6) is 1.13. The Morgan fingerprint density at radius 2 is 1.95 bits per heavy atom. The Bertz CT molecular complexity index is 261. The summed E-state index contributed by atoms with van der Waals surface area (Å²) in [7, 11) is 0. The summed E-state index contributed by atoms with van der Waals surface area (Å²) >= 11 is 0. The third kappa shape index (κ3) is 4.96. The van der Waals surface area contributed by atoms with E-state index in [1.807, 2.05) is 0 Å². The molecule has 0 radical (unpaired) electrons. The van der Waals surface area contributed by atoms with Gasteiger partial charge in [0.1, 0.15) is 0 Å². The fourth-order valence-electron chi connectivity index (χ4n) is 3.46. The van der Waals surface area contributed by atoms with Crippen LogP contribution in [0.2, 0.25) is 0 Å². The van der Waals surface area contributed by atoms with Gasteiger partial charge in [-0.2, -0.15) is 0 Å². The van der Waals surface area contributed by atoms with Gasteiger partial charge >= 0.3 is 0 Å². The van der Waals surface area contributed by atoms with Gasteiger partial charge in [0.25, 0.3) is 0 Å². The highest BCUT2D eigenvalue weighted by Crippen LogP contribution is 2.24. The molecule has 0 aromatic heterocycles. The van der Waals surface area contributed by atoms with Crippen molar-refractivity contribution in [3.8, 4) is 0 Å². The van der Waals surface area contributed by atoms with Crippen molar-refractivity contribution in [1.82, 2.24) is 10.2 Å². The van der Waals surface area contributed by atoms with Gasteiger partial charge in [0, 0.05) is 19.0 Å². The zero-order chi connectivity index (χ0) is 12.8. The van der Waals surface area contributed by atoms with Gasteiger partial charge < -0.3 is 10.2 Å². The van der Waals surface area contributed by atoms with Crippen LogP contribution in [0, 0.1) is 5.92 Å². The van der Waals surface area contributed by atoms with Crippen LogP contribution < -0.4 is 5.32 Å². The minimum atomic E-state index is 0. The summed E-state index contributed by atoms with van der Waals surface area (Å²) in [6.07, 6.45) is 9.52. The van der Waals surface area contributed by atoms with Crippen LogP contribution in [0.1, 0.15) is 58.3 Å². The average molecular weight is 289 g/mol. The standard InChI is InChI=1S/C15H28N2O.ClH/c1-2-17(14-6-4-3-5-7-14)15(18)9-8-13-10-11-16-12-13;/h13-14,16H,2-12H2,1H3;1H. The lowest BCUT2D eigenvalue weighted by Crippen LogP contribution is -2.41. The van der Waals surface area contributed by atoms with Crippen LogP contribution >= 0.6 is 12.4 Å². The van der Waals surface area contributed by atoms with E-state index in [0.717, 1.165) is 38.4 Å². The molecule has 2 rings (SSSR count). The minimum Gasteiger partial charge on any atom is -0.340 e. The molecule has 1 saturated heterocycles. The number of halogens is 1. The predicted molar refractivity (Wildman–Crippen MR) is 81.7 cm³/mol. The molecular formula is C15H29ClN2O. The first-order chi connectivity index (χ1) is 8.81. The van der Waals surface area contributed by atoms with E-state index in [-0.39, 0.29) is 12.4 Å². The van der Waals surface area contributed by atoms with Crippen molar-refractivity contribution in [2.24, 2.45) is 5.92 Å².